The lowest BCUT2D eigenvalue weighted by Gasteiger charge is -2.16. The Labute approximate surface area is 132 Å². The summed E-state index contributed by atoms with van der Waals surface area (Å²) in [5, 5.41) is 0. The lowest BCUT2D eigenvalue weighted by molar-refractivity contribution is 0.406. The monoisotopic (exact) mass is 354 g/mol. The summed E-state index contributed by atoms with van der Waals surface area (Å²) in [6, 6.07) is 10.5. The molecule has 1 aromatic carbocycles. The van der Waals surface area contributed by atoms with Crippen molar-refractivity contribution in [3.05, 3.63) is 50.1 Å². The normalized spacial score (nSPS) is 12.4. The molecule has 0 aliphatic heterocycles. The van der Waals surface area contributed by atoms with E-state index in [1.165, 1.54) is 9.75 Å². The van der Waals surface area contributed by atoms with Gasteiger partial charge in [-0.2, -0.15) is 0 Å². The Kier molecular flexibility index (Phi) is 5.60. The number of nitrogens with one attached hydrogen (secondary N) is 1. The molecule has 0 spiro atoms. The van der Waals surface area contributed by atoms with E-state index in [1.54, 1.807) is 7.11 Å². The molecule has 0 aliphatic carbocycles. The van der Waals surface area contributed by atoms with Crippen molar-refractivity contribution in [2.75, 3.05) is 7.11 Å². The minimum absolute atomic E-state index is 0.100. The average molecular weight is 355 g/mol. The van der Waals surface area contributed by atoms with Gasteiger partial charge in [0.1, 0.15) is 5.75 Å². The molecule has 0 amide bonds. The van der Waals surface area contributed by atoms with Crippen LogP contribution in [0.5, 0.6) is 5.75 Å². The summed E-state index contributed by atoms with van der Waals surface area (Å²) in [6.07, 6.45) is 1.85. The van der Waals surface area contributed by atoms with Crippen LogP contribution in [0.1, 0.15) is 28.3 Å². The van der Waals surface area contributed by atoms with Crippen molar-refractivity contribution in [2.24, 2.45) is 5.84 Å². The van der Waals surface area contributed by atoms with Crippen molar-refractivity contribution in [3.63, 3.8) is 0 Å². The van der Waals surface area contributed by atoms with E-state index in [1.807, 2.05) is 23.5 Å². The van der Waals surface area contributed by atoms with Gasteiger partial charge in [0.15, 0.2) is 0 Å². The first kappa shape index (κ1) is 15.5. The fraction of sp³-hybridized carbons (Fsp3) is 0.333. The van der Waals surface area contributed by atoms with Crippen molar-refractivity contribution >= 4 is 27.3 Å². The number of halogens is 1. The number of hydrazine groups is 1. The zero-order valence-corrected chi connectivity index (χ0v) is 14.1. The van der Waals surface area contributed by atoms with Crippen LogP contribution in [0, 0.1) is 0 Å². The molecule has 0 fully saturated rings. The van der Waals surface area contributed by atoms with Crippen LogP contribution in [0.2, 0.25) is 0 Å². The van der Waals surface area contributed by atoms with Crippen LogP contribution in [0.25, 0.3) is 0 Å². The second-order valence-corrected chi connectivity index (χ2v) is 6.65. The zero-order chi connectivity index (χ0) is 14.5. The third-order valence-corrected chi connectivity index (χ3v) is 5.08. The molecule has 1 aromatic heterocycles. The molecule has 2 aromatic rings. The van der Waals surface area contributed by atoms with E-state index in [-0.39, 0.29) is 6.04 Å². The fourth-order valence-corrected chi connectivity index (χ4v) is 3.56. The lowest BCUT2D eigenvalue weighted by Crippen LogP contribution is -2.29. The largest absolute Gasteiger partial charge is 0.496 e. The van der Waals surface area contributed by atoms with Crippen LogP contribution < -0.4 is 16.0 Å². The molecule has 0 bridgehead atoms. The molecule has 5 heteroatoms. The summed E-state index contributed by atoms with van der Waals surface area (Å²) in [6.45, 7) is 2.16. The maximum atomic E-state index is 5.74. The number of hydrogen-bond donors (Lipinski definition) is 2. The first-order valence-corrected chi connectivity index (χ1v) is 8.16. The van der Waals surface area contributed by atoms with Crippen LogP contribution in [-0.2, 0) is 12.8 Å². The van der Waals surface area contributed by atoms with Gasteiger partial charge in [-0.1, -0.05) is 22.9 Å². The first-order chi connectivity index (χ1) is 9.67. The second-order valence-electron chi connectivity index (χ2n) is 4.54. The molecule has 0 saturated heterocycles. The predicted molar refractivity (Wildman–Crippen MR) is 88.2 cm³/mol. The molecule has 20 heavy (non-hydrogen) atoms. The topological polar surface area (TPSA) is 47.3 Å². The summed E-state index contributed by atoms with van der Waals surface area (Å²) in [4.78, 5) is 2.63. The fourth-order valence-electron chi connectivity index (χ4n) is 2.14. The van der Waals surface area contributed by atoms with Gasteiger partial charge in [0.05, 0.1) is 13.2 Å². The third-order valence-electron chi connectivity index (χ3n) is 3.24. The SMILES string of the molecule is CCc1ccc(C(Cc2cc(Br)ccc2OC)NN)s1. The minimum atomic E-state index is 0.100. The van der Waals surface area contributed by atoms with Gasteiger partial charge in [-0.15, -0.1) is 11.3 Å². The smallest absolute Gasteiger partial charge is 0.122 e. The molecule has 2 rings (SSSR count). The van der Waals surface area contributed by atoms with Gasteiger partial charge >= 0.3 is 0 Å². The molecule has 0 aliphatic rings. The maximum absolute atomic E-state index is 5.74. The Hall–Kier alpha value is -0.880. The third kappa shape index (κ3) is 3.61. The predicted octanol–water partition coefficient (Wildman–Crippen LogP) is 3.83. The van der Waals surface area contributed by atoms with Gasteiger partial charge in [-0.25, -0.2) is 0 Å². The van der Waals surface area contributed by atoms with Gasteiger partial charge in [0, 0.05) is 14.2 Å². The highest BCUT2D eigenvalue weighted by Gasteiger charge is 2.15. The highest BCUT2D eigenvalue weighted by atomic mass is 79.9. The van der Waals surface area contributed by atoms with Gasteiger partial charge in [0.2, 0.25) is 0 Å². The van der Waals surface area contributed by atoms with Crippen molar-refractivity contribution in [2.45, 2.75) is 25.8 Å². The first-order valence-electron chi connectivity index (χ1n) is 6.55. The quantitative estimate of drug-likeness (QED) is 0.612. The van der Waals surface area contributed by atoms with Crippen LogP contribution in [0.4, 0.5) is 0 Å². The standard InChI is InChI=1S/C15H19BrN2OS/c1-3-12-5-7-15(20-12)13(18-17)9-10-8-11(16)4-6-14(10)19-2/h4-8,13,18H,3,9,17H2,1-2H3. The Balaban J connectivity index is 2.23. The van der Waals surface area contributed by atoms with E-state index in [2.05, 4.69) is 46.5 Å². The Morgan fingerprint density at radius 3 is 2.75 bits per heavy atom. The molecule has 108 valence electrons. The number of hydrogen-bond acceptors (Lipinski definition) is 4. The van der Waals surface area contributed by atoms with E-state index in [9.17, 15) is 0 Å². The number of methoxy groups -OCH3 is 1. The van der Waals surface area contributed by atoms with Crippen LogP contribution in [0.15, 0.2) is 34.8 Å². The number of aryl methyl sites for hydroxylation is 1. The number of rotatable bonds is 6. The second kappa shape index (κ2) is 7.22. The molecule has 1 atom stereocenters. The summed E-state index contributed by atoms with van der Waals surface area (Å²) in [5.41, 5.74) is 4.05. The van der Waals surface area contributed by atoms with E-state index in [0.29, 0.717) is 0 Å². The minimum Gasteiger partial charge on any atom is -0.496 e. The van der Waals surface area contributed by atoms with Crippen molar-refractivity contribution < 1.29 is 4.74 Å². The summed E-state index contributed by atoms with van der Waals surface area (Å²) < 4.78 is 6.47. The van der Waals surface area contributed by atoms with E-state index in [0.717, 1.165) is 28.6 Å². The van der Waals surface area contributed by atoms with E-state index >= 15 is 0 Å². The molecule has 1 unspecified atom stereocenters. The highest BCUT2D eigenvalue weighted by Crippen LogP contribution is 2.30. The Morgan fingerprint density at radius 2 is 2.15 bits per heavy atom. The summed E-state index contributed by atoms with van der Waals surface area (Å²) in [5.74, 6) is 6.63. The summed E-state index contributed by atoms with van der Waals surface area (Å²) >= 11 is 5.31. The van der Waals surface area contributed by atoms with Crippen molar-refractivity contribution in [1.82, 2.24) is 5.43 Å². The van der Waals surface area contributed by atoms with Crippen molar-refractivity contribution in [1.29, 1.82) is 0 Å². The molecule has 0 radical (unpaired) electrons. The number of ether oxygens (including phenoxy) is 1. The molecular formula is C15H19BrN2OS. The van der Waals surface area contributed by atoms with Crippen LogP contribution >= 0.6 is 27.3 Å². The lowest BCUT2D eigenvalue weighted by atomic mass is 10.0. The molecular weight excluding hydrogens is 336 g/mol. The van der Waals surface area contributed by atoms with Crippen LogP contribution in [0.3, 0.4) is 0 Å². The Morgan fingerprint density at radius 1 is 1.35 bits per heavy atom. The van der Waals surface area contributed by atoms with Gasteiger partial charge in [0.25, 0.3) is 0 Å². The average Bonchev–Trinajstić information content (AvgIpc) is 2.93. The Bertz CT molecular complexity index is 571. The van der Waals surface area contributed by atoms with E-state index < -0.39 is 0 Å². The number of benzene rings is 1. The maximum Gasteiger partial charge on any atom is 0.122 e. The molecule has 3 nitrogen and oxygen atoms in total. The van der Waals surface area contributed by atoms with Crippen molar-refractivity contribution in [3.8, 4) is 5.75 Å². The zero-order valence-electron chi connectivity index (χ0n) is 11.7. The molecule has 1 heterocycles. The molecule has 0 saturated carbocycles. The van der Waals surface area contributed by atoms with Gasteiger partial charge in [-0.3, -0.25) is 11.3 Å². The molecule has 3 N–H and O–H groups in total. The highest BCUT2D eigenvalue weighted by molar-refractivity contribution is 9.10. The number of thiophene rings is 1. The van der Waals surface area contributed by atoms with Gasteiger partial charge in [-0.05, 0) is 48.7 Å². The number of nitrogens with two attached hydrogens (primary N) is 1. The van der Waals surface area contributed by atoms with Crippen LogP contribution in [-0.4, -0.2) is 7.11 Å². The van der Waals surface area contributed by atoms with E-state index in [4.69, 9.17) is 10.6 Å². The summed E-state index contributed by atoms with van der Waals surface area (Å²) in [7, 11) is 1.69. The van der Waals surface area contributed by atoms with Gasteiger partial charge < -0.3 is 4.74 Å².